The molecule has 1 atom stereocenters. The highest BCUT2D eigenvalue weighted by Crippen LogP contribution is 2.30. The number of hydrogen-bond acceptors (Lipinski definition) is 5. The number of benzene rings is 1. The fraction of sp³-hybridized carbons (Fsp3) is 0.444. The first kappa shape index (κ1) is 18.8. The van der Waals surface area contributed by atoms with Crippen molar-refractivity contribution < 1.29 is 18.4 Å². The van der Waals surface area contributed by atoms with Crippen molar-refractivity contribution in [2.45, 2.75) is 46.1 Å². The number of carbonyl (C=O) groups excluding carboxylic acids is 2. The van der Waals surface area contributed by atoms with Crippen molar-refractivity contribution in [2.24, 2.45) is 5.92 Å². The number of halogens is 1. The minimum absolute atomic E-state index is 0.128. The van der Waals surface area contributed by atoms with Crippen LogP contribution in [0, 0.1) is 11.7 Å². The highest BCUT2D eigenvalue weighted by Gasteiger charge is 2.33. The van der Waals surface area contributed by atoms with Gasteiger partial charge in [-0.05, 0) is 37.5 Å². The molecule has 0 unspecified atom stereocenters. The van der Waals surface area contributed by atoms with Crippen molar-refractivity contribution in [1.29, 1.82) is 0 Å². The van der Waals surface area contributed by atoms with Gasteiger partial charge in [-0.1, -0.05) is 26.0 Å². The van der Waals surface area contributed by atoms with E-state index in [0.29, 0.717) is 0 Å². The van der Waals surface area contributed by atoms with E-state index in [1.807, 2.05) is 27.7 Å². The Bertz CT molecular complexity index is 766. The number of ketones is 1. The molecule has 6 nitrogen and oxygen atoms in total. The molecule has 2 aromatic rings. The average molecular weight is 347 g/mol. The van der Waals surface area contributed by atoms with E-state index in [2.05, 4.69) is 15.5 Å². The van der Waals surface area contributed by atoms with Gasteiger partial charge in [-0.25, -0.2) is 4.39 Å². The van der Waals surface area contributed by atoms with Gasteiger partial charge < -0.3 is 9.73 Å². The normalized spacial score (nSPS) is 12.9. The van der Waals surface area contributed by atoms with Crippen molar-refractivity contribution in [3.63, 3.8) is 0 Å². The van der Waals surface area contributed by atoms with Crippen LogP contribution in [-0.2, 0) is 10.2 Å². The molecule has 0 aliphatic heterocycles. The standard InChI is InChI=1S/C18H22FN3O3/c1-10(2)14(20-11(3)23)15(24)16-21-22-17(25-16)18(4,5)12-6-8-13(19)9-7-12/h6-10,14H,1-5H3,(H,20,23)/t14-/m0/s1. The van der Waals surface area contributed by atoms with Gasteiger partial charge in [0.05, 0.1) is 11.5 Å². The topological polar surface area (TPSA) is 85.1 Å². The molecule has 2 rings (SSSR count). The third kappa shape index (κ3) is 4.10. The Morgan fingerprint density at radius 1 is 1.16 bits per heavy atom. The zero-order valence-electron chi connectivity index (χ0n) is 15.0. The second kappa shape index (κ2) is 7.13. The van der Waals surface area contributed by atoms with Gasteiger partial charge in [0.15, 0.2) is 0 Å². The smallest absolute Gasteiger partial charge is 0.286 e. The first-order chi connectivity index (χ1) is 11.6. The van der Waals surface area contributed by atoms with E-state index in [4.69, 9.17) is 4.42 Å². The van der Waals surface area contributed by atoms with Crippen LogP contribution in [0.1, 0.15) is 56.8 Å². The van der Waals surface area contributed by atoms with Gasteiger partial charge in [-0.15, -0.1) is 10.2 Å². The first-order valence-electron chi connectivity index (χ1n) is 8.04. The van der Waals surface area contributed by atoms with Crippen LogP contribution in [-0.4, -0.2) is 27.9 Å². The molecule has 1 aromatic heterocycles. The number of amides is 1. The quantitative estimate of drug-likeness (QED) is 0.812. The predicted molar refractivity (Wildman–Crippen MR) is 89.6 cm³/mol. The van der Waals surface area contributed by atoms with Crippen LogP contribution in [0.2, 0.25) is 0 Å². The van der Waals surface area contributed by atoms with Gasteiger partial charge >= 0.3 is 0 Å². The molecule has 1 aromatic carbocycles. The molecular weight excluding hydrogens is 325 g/mol. The van der Waals surface area contributed by atoms with Crippen LogP contribution in [0.15, 0.2) is 28.7 Å². The van der Waals surface area contributed by atoms with Crippen LogP contribution in [0.5, 0.6) is 0 Å². The summed E-state index contributed by atoms with van der Waals surface area (Å²) in [7, 11) is 0. The second-order valence-electron chi connectivity index (χ2n) is 6.83. The predicted octanol–water partition coefficient (Wildman–Crippen LogP) is 2.88. The minimum Gasteiger partial charge on any atom is -0.417 e. The maximum absolute atomic E-state index is 13.1. The summed E-state index contributed by atoms with van der Waals surface area (Å²) in [4.78, 5) is 23.9. The van der Waals surface area contributed by atoms with Crippen LogP contribution in [0.3, 0.4) is 0 Å². The summed E-state index contributed by atoms with van der Waals surface area (Å²) in [6.45, 7) is 8.67. The summed E-state index contributed by atoms with van der Waals surface area (Å²) in [6.07, 6.45) is 0. The lowest BCUT2D eigenvalue weighted by Crippen LogP contribution is -2.43. The maximum Gasteiger partial charge on any atom is 0.286 e. The molecule has 25 heavy (non-hydrogen) atoms. The fourth-order valence-corrected chi connectivity index (χ4v) is 2.45. The van der Waals surface area contributed by atoms with Gasteiger partial charge in [0.1, 0.15) is 5.82 Å². The van der Waals surface area contributed by atoms with Crippen molar-refractivity contribution in [3.05, 3.63) is 47.4 Å². The molecule has 0 radical (unpaired) electrons. The Morgan fingerprint density at radius 2 is 1.76 bits per heavy atom. The van der Waals surface area contributed by atoms with Crippen LogP contribution >= 0.6 is 0 Å². The van der Waals surface area contributed by atoms with Crippen molar-refractivity contribution >= 4 is 11.7 Å². The molecule has 1 N–H and O–H groups in total. The monoisotopic (exact) mass is 347 g/mol. The lowest BCUT2D eigenvalue weighted by atomic mass is 9.84. The number of aromatic nitrogens is 2. The lowest BCUT2D eigenvalue weighted by molar-refractivity contribution is -0.119. The summed E-state index contributed by atoms with van der Waals surface area (Å²) in [5.74, 6) is -1.12. The van der Waals surface area contributed by atoms with Gasteiger partial charge in [-0.3, -0.25) is 9.59 Å². The number of Topliss-reactive ketones (excluding diaryl/α,β-unsaturated/α-hetero) is 1. The SMILES string of the molecule is CC(=O)N[C@H](C(=O)c1nnc(C(C)(C)c2ccc(F)cc2)o1)C(C)C. The molecule has 0 fully saturated rings. The van der Waals surface area contributed by atoms with Gasteiger partial charge in [-0.2, -0.15) is 0 Å². The summed E-state index contributed by atoms with van der Waals surface area (Å²) >= 11 is 0. The Labute approximate surface area is 145 Å². The van der Waals surface area contributed by atoms with Gasteiger partial charge in [0.25, 0.3) is 5.89 Å². The summed E-state index contributed by atoms with van der Waals surface area (Å²) < 4.78 is 18.7. The third-order valence-electron chi connectivity index (χ3n) is 4.04. The summed E-state index contributed by atoms with van der Waals surface area (Å²) in [6, 6.07) is 5.24. The third-order valence-corrected chi connectivity index (χ3v) is 4.04. The lowest BCUT2D eigenvalue weighted by Gasteiger charge is -2.21. The fourth-order valence-electron chi connectivity index (χ4n) is 2.45. The molecule has 0 aliphatic carbocycles. The zero-order chi connectivity index (χ0) is 18.8. The summed E-state index contributed by atoms with van der Waals surface area (Å²) in [5, 5.41) is 10.4. The highest BCUT2D eigenvalue weighted by atomic mass is 19.1. The Kier molecular flexibility index (Phi) is 5.35. The average Bonchev–Trinajstić information content (AvgIpc) is 3.02. The highest BCUT2D eigenvalue weighted by molar-refractivity contribution is 5.98. The van der Waals surface area contributed by atoms with Gasteiger partial charge in [0, 0.05) is 6.92 Å². The Hall–Kier alpha value is -2.57. The minimum atomic E-state index is -0.736. The van der Waals surface area contributed by atoms with Crippen LogP contribution < -0.4 is 5.32 Å². The zero-order valence-corrected chi connectivity index (χ0v) is 15.0. The number of carbonyl (C=O) groups is 2. The van der Waals surface area contributed by atoms with Gasteiger partial charge in [0.2, 0.25) is 17.6 Å². The van der Waals surface area contributed by atoms with E-state index in [0.717, 1.165) is 5.56 Å². The number of nitrogens with zero attached hydrogens (tertiary/aromatic N) is 2. The molecular formula is C18H22FN3O3. The largest absolute Gasteiger partial charge is 0.417 e. The molecule has 0 spiro atoms. The Morgan fingerprint density at radius 3 is 2.28 bits per heavy atom. The van der Waals surface area contributed by atoms with E-state index in [1.54, 1.807) is 12.1 Å². The van der Waals surface area contributed by atoms with Crippen molar-refractivity contribution in [2.75, 3.05) is 0 Å². The number of nitrogens with one attached hydrogen (secondary N) is 1. The molecule has 7 heteroatoms. The molecule has 1 amide bonds. The number of hydrogen-bond donors (Lipinski definition) is 1. The van der Waals surface area contributed by atoms with Crippen LogP contribution in [0.25, 0.3) is 0 Å². The molecule has 0 saturated heterocycles. The summed E-state index contributed by atoms with van der Waals surface area (Å²) in [5.41, 5.74) is 0.0828. The van der Waals surface area contributed by atoms with E-state index in [9.17, 15) is 14.0 Å². The van der Waals surface area contributed by atoms with E-state index in [1.165, 1.54) is 19.1 Å². The molecule has 0 saturated carbocycles. The molecule has 0 aliphatic rings. The van der Waals surface area contributed by atoms with Crippen LogP contribution in [0.4, 0.5) is 4.39 Å². The molecule has 134 valence electrons. The van der Waals surface area contributed by atoms with Crippen molar-refractivity contribution in [1.82, 2.24) is 15.5 Å². The Balaban J connectivity index is 2.30. The molecule has 1 heterocycles. The first-order valence-corrected chi connectivity index (χ1v) is 8.04. The van der Waals surface area contributed by atoms with E-state index >= 15 is 0 Å². The van der Waals surface area contributed by atoms with E-state index < -0.39 is 17.2 Å². The van der Waals surface area contributed by atoms with E-state index in [-0.39, 0.29) is 29.4 Å². The van der Waals surface area contributed by atoms with Crippen molar-refractivity contribution in [3.8, 4) is 0 Å². The number of rotatable bonds is 6. The maximum atomic E-state index is 13.1. The molecule has 0 bridgehead atoms. The second-order valence-corrected chi connectivity index (χ2v) is 6.83.